The molecule has 0 saturated heterocycles. The van der Waals surface area contributed by atoms with Gasteiger partial charge in [-0.15, -0.1) is 11.3 Å². The fraction of sp³-hybridized carbons (Fsp3) is 0.588. The average molecular weight is 368 g/mol. The zero-order valence-electron chi connectivity index (χ0n) is 14.8. The summed E-state index contributed by atoms with van der Waals surface area (Å²) in [7, 11) is 3.31. The van der Waals surface area contributed by atoms with Crippen molar-refractivity contribution in [1.82, 2.24) is 0 Å². The van der Waals surface area contributed by atoms with Crippen molar-refractivity contribution in [2.24, 2.45) is 0 Å². The Balaban J connectivity index is 2.23. The van der Waals surface area contributed by atoms with Crippen molar-refractivity contribution in [3.05, 3.63) is 16.0 Å². The third-order valence-corrected chi connectivity index (χ3v) is 5.48. The molecule has 0 saturated carbocycles. The van der Waals surface area contributed by atoms with Gasteiger partial charge in [-0.2, -0.15) is 0 Å². The average Bonchev–Trinajstić information content (AvgIpc) is 2.89. The number of carbonyl (C=O) groups is 3. The number of nitrogens with one attached hydrogen (secondary N) is 2. The van der Waals surface area contributed by atoms with Crippen molar-refractivity contribution in [3.63, 3.8) is 0 Å². The molecule has 2 rings (SSSR count). The van der Waals surface area contributed by atoms with Crippen molar-refractivity contribution in [2.75, 3.05) is 26.0 Å². The van der Waals surface area contributed by atoms with E-state index in [0.717, 1.165) is 36.1 Å². The van der Waals surface area contributed by atoms with Crippen LogP contribution in [0.4, 0.5) is 5.00 Å². The molecule has 0 aromatic carbocycles. The zero-order valence-corrected chi connectivity index (χ0v) is 15.6. The Morgan fingerprint density at radius 1 is 1.28 bits per heavy atom. The SMILES string of the molecule is CCOC(=O)c1c(NC(=O)C[C@H](C(=O)[O-])[NH+](C)C)sc2c1CCCC2. The van der Waals surface area contributed by atoms with Gasteiger partial charge in [0.15, 0.2) is 0 Å². The van der Waals surface area contributed by atoms with E-state index in [1.165, 1.54) is 11.3 Å². The van der Waals surface area contributed by atoms with E-state index in [1.807, 2.05) is 0 Å². The number of quaternary nitrogens is 1. The molecule has 0 bridgehead atoms. The highest BCUT2D eigenvalue weighted by Gasteiger charge is 2.28. The summed E-state index contributed by atoms with van der Waals surface area (Å²) >= 11 is 1.39. The minimum absolute atomic E-state index is 0.213. The van der Waals surface area contributed by atoms with Gasteiger partial charge >= 0.3 is 5.97 Å². The molecule has 25 heavy (non-hydrogen) atoms. The maximum atomic E-state index is 12.3. The monoisotopic (exact) mass is 368 g/mol. The Hall–Kier alpha value is -1.93. The molecule has 1 aromatic heterocycles. The number of anilines is 1. The summed E-state index contributed by atoms with van der Waals surface area (Å²) < 4.78 is 5.14. The van der Waals surface area contributed by atoms with Gasteiger partial charge in [-0.25, -0.2) is 4.79 Å². The lowest BCUT2D eigenvalue weighted by molar-refractivity contribution is -0.878. The molecule has 0 unspecified atom stereocenters. The number of rotatable bonds is 7. The number of aryl methyl sites for hydroxylation is 1. The molecule has 2 N–H and O–H groups in total. The summed E-state index contributed by atoms with van der Waals surface area (Å²) in [6, 6.07) is -0.944. The van der Waals surface area contributed by atoms with Crippen LogP contribution in [0.1, 0.15) is 47.0 Å². The number of amides is 1. The summed E-state index contributed by atoms with van der Waals surface area (Å²) in [6.07, 6.45) is 3.51. The lowest BCUT2D eigenvalue weighted by atomic mass is 9.95. The number of esters is 1. The van der Waals surface area contributed by atoms with E-state index in [4.69, 9.17) is 4.74 Å². The molecule has 1 aliphatic rings. The van der Waals surface area contributed by atoms with E-state index < -0.39 is 23.9 Å². The third-order valence-electron chi connectivity index (χ3n) is 4.27. The van der Waals surface area contributed by atoms with Crippen molar-refractivity contribution in [1.29, 1.82) is 0 Å². The standard InChI is InChI=1S/C17H24N2O5S/c1-4-24-17(23)14-10-7-5-6-8-12(10)25-15(14)18-13(20)9-11(16(21)22)19(2)3/h11H,4-9H2,1-3H3,(H,18,20)(H,21,22)/t11-/m1/s1. The van der Waals surface area contributed by atoms with Gasteiger partial charge in [-0.1, -0.05) is 0 Å². The predicted molar refractivity (Wildman–Crippen MR) is 91.8 cm³/mol. The number of thiophene rings is 1. The second-order valence-corrected chi connectivity index (χ2v) is 7.44. The summed E-state index contributed by atoms with van der Waals surface area (Å²) in [5.74, 6) is -2.15. The van der Waals surface area contributed by atoms with E-state index in [2.05, 4.69) is 5.32 Å². The Morgan fingerprint density at radius 3 is 2.56 bits per heavy atom. The van der Waals surface area contributed by atoms with E-state index in [9.17, 15) is 19.5 Å². The van der Waals surface area contributed by atoms with Crippen LogP contribution in [0.2, 0.25) is 0 Å². The molecule has 1 heterocycles. The number of hydrogen-bond acceptors (Lipinski definition) is 6. The minimum Gasteiger partial charge on any atom is -0.544 e. The molecule has 7 nitrogen and oxygen atoms in total. The van der Waals surface area contributed by atoms with Gasteiger partial charge in [0.25, 0.3) is 0 Å². The first kappa shape index (κ1) is 19.4. The molecule has 1 aliphatic carbocycles. The lowest BCUT2D eigenvalue weighted by Gasteiger charge is -2.21. The topological polar surface area (TPSA) is 100.0 Å². The van der Waals surface area contributed by atoms with Crippen LogP contribution in [0.5, 0.6) is 0 Å². The highest BCUT2D eigenvalue weighted by Crippen LogP contribution is 2.38. The van der Waals surface area contributed by atoms with Gasteiger partial charge < -0.3 is 24.9 Å². The molecule has 1 amide bonds. The minimum atomic E-state index is -1.27. The second kappa shape index (κ2) is 8.44. The highest BCUT2D eigenvalue weighted by molar-refractivity contribution is 7.17. The first-order chi connectivity index (χ1) is 11.8. The van der Waals surface area contributed by atoms with Crippen LogP contribution in [0.15, 0.2) is 0 Å². The van der Waals surface area contributed by atoms with Crippen molar-refractivity contribution in [2.45, 2.75) is 45.1 Å². The summed E-state index contributed by atoms with van der Waals surface area (Å²) in [5, 5.41) is 14.3. The summed E-state index contributed by atoms with van der Waals surface area (Å²) in [4.78, 5) is 37.5. The van der Waals surface area contributed by atoms with Crippen molar-refractivity contribution in [3.8, 4) is 0 Å². The van der Waals surface area contributed by atoms with Crippen molar-refractivity contribution >= 4 is 34.2 Å². The number of fused-ring (bicyclic) bond motifs is 1. The number of carboxylic acid groups (broad SMARTS) is 1. The Kier molecular flexibility index (Phi) is 6.55. The molecule has 138 valence electrons. The van der Waals surface area contributed by atoms with Gasteiger partial charge in [-0.3, -0.25) is 4.79 Å². The molecule has 1 atom stereocenters. The predicted octanol–water partition coefficient (Wildman–Crippen LogP) is -0.605. The number of ether oxygens (including phenoxy) is 1. The fourth-order valence-corrected chi connectivity index (χ4v) is 4.25. The molecule has 1 aromatic rings. The zero-order chi connectivity index (χ0) is 18.6. The van der Waals surface area contributed by atoms with Crippen LogP contribution in [-0.2, 0) is 27.2 Å². The van der Waals surface area contributed by atoms with Crippen LogP contribution in [-0.4, -0.2) is 44.6 Å². The first-order valence-corrected chi connectivity index (χ1v) is 9.29. The van der Waals surface area contributed by atoms with E-state index in [1.54, 1.807) is 21.0 Å². The van der Waals surface area contributed by atoms with Crippen molar-refractivity contribution < 1.29 is 29.1 Å². The van der Waals surface area contributed by atoms with Gasteiger partial charge in [0.1, 0.15) is 11.0 Å². The summed E-state index contributed by atoms with van der Waals surface area (Å²) in [6.45, 7) is 1.99. The number of aliphatic carboxylic acids is 1. The summed E-state index contributed by atoms with van der Waals surface area (Å²) in [5.41, 5.74) is 1.39. The van der Waals surface area contributed by atoms with Crippen LogP contribution < -0.4 is 15.3 Å². The maximum Gasteiger partial charge on any atom is 0.341 e. The van der Waals surface area contributed by atoms with Crippen LogP contribution in [0.3, 0.4) is 0 Å². The van der Waals surface area contributed by atoms with Crippen LogP contribution in [0.25, 0.3) is 0 Å². The molecule has 0 radical (unpaired) electrons. The molecule has 0 aliphatic heterocycles. The first-order valence-electron chi connectivity index (χ1n) is 8.47. The lowest BCUT2D eigenvalue weighted by Crippen LogP contribution is -3.12. The largest absolute Gasteiger partial charge is 0.544 e. The molecular weight excluding hydrogens is 344 g/mol. The Labute approximate surface area is 151 Å². The molecule has 8 heteroatoms. The number of likely N-dealkylation sites (N-methyl/N-ethyl adjacent to an activating group) is 1. The number of hydrogen-bond donors (Lipinski definition) is 2. The van der Waals surface area contributed by atoms with Gasteiger partial charge in [-0.05, 0) is 38.2 Å². The second-order valence-electron chi connectivity index (χ2n) is 6.34. The molecule has 0 fully saturated rings. The van der Waals surface area contributed by atoms with E-state index in [0.29, 0.717) is 15.5 Å². The quantitative estimate of drug-likeness (QED) is 0.626. The smallest absolute Gasteiger partial charge is 0.341 e. The Bertz CT molecular complexity index is 668. The van der Waals surface area contributed by atoms with Crippen LogP contribution in [0, 0.1) is 0 Å². The van der Waals surface area contributed by atoms with Gasteiger partial charge in [0, 0.05) is 4.88 Å². The molecular formula is C17H24N2O5S. The van der Waals surface area contributed by atoms with E-state index >= 15 is 0 Å². The van der Waals surface area contributed by atoms with Crippen LogP contribution >= 0.6 is 11.3 Å². The number of carboxylic acids is 1. The number of carbonyl (C=O) groups excluding carboxylic acids is 3. The highest BCUT2D eigenvalue weighted by atomic mass is 32.1. The third kappa shape index (κ3) is 4.58. The fourth-order valence-electron chi connectivity index (χ4n) is 2.96. The maximum absolute atomic E-state index is 12.3. The van der Waals surface area contributed by atoms with E-state index in [-0.39, 0.29) is 13.0 Å². The van der Waals surface area contributed by atoms with Gasteiger partial charge in [0.2, 0.25) is 5.91 Å². The normalized spacial score (nSPS) is 14.7. The van der Waals surface area contributed by atoms with Gasteiger partial charge in [0.05, 0.1) is 38.7 Å². The molecule has 0 spiro atoms. The Morgan fingerprint density at radius 2 is 1.96 bits per heavy atom.